The van der Waals surface area contributed by atoms with Crippen LogP contribution >= 0.6 is 22.9 Å². The number of carbonyl (C=O) groups excluding carboxylic acids is 1. The average molecular weight is 451 g/mol. The number of halogens is 1. The van der Waals surface area contributed by atoms with E-state index in [1.165, 1.54) is 11.3 Å². The van der Waals surface area contributed by atoms with Crippen LogP contribution in [0, 0.1) is 0 Å². The highest BCUT2D eigenvalue weighted by molar-refractivity contribution is 7.17. The molecular weight excluding hydrogens is 432 g/mol. The smallest absolute Gasteiger partial charge is 0.272 e. The number of amides is 1. The molecule has 1 aromatic heterocycles. The molecule has 0 unspecified atom stereocenters. The van der Waals surface area contributed by atoms with Gasteiger partial charge in [0, 0.05) is 26.1 Å². The summed E-state index contributed by atoms with van der Waals surface area (Å²) in [7, 11) is 1.61. The maximum atomic E-state index is 12.5. The minimum absolute atomic E-state index is 0.242. The predicted octanol–water partition coefficient (Wildman–Crippen LogP) is 5.91. The molecule has 156 valence electrons. The summed E-state index contributed by atoms with van der Waals surface area (Å²) in [5, 5.41) is 7.53. The number of hydrogen-bond acceptors (Lipinski definition) is 5. The van der Waals surface area contributed by atoms with E-state index in [4.69, 9.17) is 21.1 Å². The Morgan fingerprint density at radius 2 is 1.94 bits per heavy atom. The Hall–Kier alpha value is -3.35. The van der Waals surface area contributed by atoms with E-state index in [0.29, 0.717) is 28.7 Å². The van der Waals surface area contributed by atoms with E-state index in [9.17, 15) is 4.79 Å². The summed E-state index contributed by atoms with van der Waals surface area (Å²) < 4.78 is 12.3. The highest BCUT2D eigenvalue weighted by atomic mass is 35.5. The maximum Gasteiger partial charge on any atom is 0.272 e. The number of hydrazone groups is 1. The molecule has 0 saturated heterocycles. The van der Waals surface area contributed by atoms with Gasteiger partial charge >= 0.3 is 0 Å². The molecule has 4 rings (SSSR count). The van der Waals surface area contributed by atoms with Crippen molar-refractivity contribution in [2.75, 3.05) is 7.11 Å². The van der Waals surface area contributed by atoms with Crippen molar-refractivity contribution in [3.8, 4) is 11.5 Å². The summed E-state index contributed by atoms with van der Waals surface area (Å²) in [4.78, 5) is 12.5. The first kappa shape index (κ1) is 20.9. The Labute approximate surface area is 188 Å². The quantitative estimate of drug-likeness (QED) is 0.281. The second-order valence-electron chi connectivity index (χ2n) is 6.66. The molecule has 0 saturated carbocycles. The topological polar surface area (TPSA) is 59.9 Å². The summed E-state index contributed by atoms with van der Waals surface area (Å²) in [6, 6.07) is 20.6. The van der Waals surface area contributed by atoms with Crippen LogP contribution in [0.4, 0.5) is 0 Å². The Morgan fingerprint density at radius 3 is 2.74 bits per heavy atom. The van der Waals surface area contributed by atoms with Gasteiger partial charge in [0.2, 0.25) is 0 Å². The molecule has 0 bridgehead atoms. The molecule has 1 amide bonds. The van der Waals surface area contributed by atoms with Gasteiger partial charge in [-0.05, 0) is 54.1 Å². The van der Waals surface area contributed by atoms with Crippen LogP contribution in [0.2, 0.25) is 5.02 Å². The minimum atomic E-state index is -0.242. The van der Waals surface area contributed by atoms with Gasteiger partial charge in [-0.2, -0.15) is 5.10 Å². The van der Waals surface area contributed by atoms with E-state index >= 15 is 0 Å². The van der Waals surface area contributed by atoms with Crippen LogP contribution in [0.25, 0.3) is 10.1 Å². The zero-order chi connectivity index (χ0) is 21.6. The zero-order valence-electron chi connectivity index (χ0n) is 16.7. The Bertz CT molecular complexity index is 1240. The molecule has 7 heteroatoms. The van der Waals surface area contributed by atoms with E-state index in [-0.39, 0.29) is 5.91 Å². The highest BCUT2D eigenvalue weighted by Gasteiger charge is 2.11. The molecule has 1 heterocycles. The summed E-state index contributed by atoms with van der Waals surface area (Å²) in [6.07, 6.45) is 1.59. The van der Waals surface area contributed by atoms with Gasteiger partial charge in [0.05, 0.1) is 18.9 Å². The molecule has 0 radical (unpaired) electrons. The monoisotopic (exact) mass is 450 g/mol. The molecule has 31 heavy (non-hydrogen) atoms. The van der Waals surface area contributed by atoms with Gasteiger partial charge in [-0.1, -0.05) is 29.8 Å². The first-order chi connectivity index (χ1) is 15.1. The first-order valence-corrected chi connectivity index (χ1v) is 10.7. The largest absolute Gasteiger partial charge is 0.496 e. The SMILES string of the molecule is COc1ccc(C=NNC(=O)c2csc3ccccc23)cc1COc1ccc(Cl)cc1. The van der Waals surface area contributed by atoms with Crippen molar-refractivity contribution >= 4 is 45.1 Å². The summed E-state index contributed by atoms with van der Waals surface area (Å²) in [5.74, 6) is 1.18. The summed E-state index contributed by atoms with van der Waals surface area (Å²) >= 11 is 7.44. The van der Waals surface area contributed by atoms with Gasteiger partial charge in [0.25, 0.3) is 5.91 Å². The van der Waals surface area contributed by atoms with Crippen LogP contribution in [-0.4, -0.2) is 19.2 Å². The Kier molecular flexibility index (Phi) is 6.50. The van der Waals surface area contributed by atoms with Crippen LogP contribution in [0.5, 0.6) is 11.5 Å². The number of nitrogens with one attached hydrogen (secondary N) is 1. The normalized spacial score (nSPS) is 11.0. The Morgan fingerprint density at radius 1 is 1.13 bits per heavy atom. The third-order valence-corrected chi connectivity index (χ3v) is 5.83. The molecule has 1 N–H and O–H groups in total. The fourth-order valence-electron chi connectivity index (χ4n) is 3.06. The molecule has 3 aromatic carbocycles. The van der Waals surface area contributed by atoms with Crippen molar-refractivity contribution in [2.45, 2.75) is 6.61 Å². The van der Waals surface area contributed by atoms with Gasteiger partial charge in [-0.3, -0.25) is 4.79 Å². The third-order valence-electron chi connectivity index (χ3n) is 4.62. The van der Waals surface area contributed by atoms with E-state index < -0.39 is 0 Å². The number of thiophene rings is 1. The molecular formula is C24H19ClN2O3S. The number of rotatable bonds is 7. The van der Waals surface area contributed by atoms with Gasteiger partial charge < -0.3 is 9.47 Å². The first-order valence-electron chi connectivity index (χ1n) is 9.49. The fourth-order valence-corrected chi connectivity index (χ4v) is 4.13. The lowest BCUT2D eigenvalue weighted by atomic mass is 10.1. The lowest BCUT2D eigenvalue weighted by molar-refractivity contribution is 0.0957. The maximum absolute atomic E-state index is 12.5. The highest BCUT2D eigenvalue weighted by Crippen LogP contribution is 2.25. The number of fused-ring (bicyclic) bond motifs is 1. The van der Waals surface area contributed by atoms with E-state index in [1.54, 1.807) is 25.5 Å². The van der Waals surface area contributed by atoms with Crippen molar-refractivity contribution < 1.29 is 14.3 Å². The lowest BCUT2D eigenvalue weighted by Gasteiger charge is -2.11. The number of carbonyl (C=O) groups is 1. The van der Waals surface area contributed by atoms with E-state index in [2.05, 4.69) is 10.5 Å². The Balaban J connectivity index is 1.44. The van der Waals surface area contributed by atoms with E-state index in [1.807, 2.05) is 60.0 Å². The summed E-state index contributed by atoms with van der Waals surface area (Å²) in [5.41, 5.74) is 4.88. The molecule has 4 aromatic rings. The molecule has 0 atom stereocenters. The standard InChI is InChI=1S/C24H19ClN2O3S/c1-29-22-11-6-16(12-17(22)14-30-19-9-7-18(25)8-10-19)13-26-27-24(28)21-15-31-23-5-3-2-4-20(21)23/h2-13,15H,14H2,1H3,(H,27,28). The molecule has 0 spiro atoms. The second kappa shape index (κ2) is 9.64. The fraction of sp³-hybridized carbons (Fsp3) is 0.0833. The lowest BCUT2D eigenvalue weighted by Crippen LogP contribution is -2.17. The number of nitrogens with zero attached hydrogens (tertiary/aromatic N) is 1. The van der Waals surface area contributed by atoms with Crippen LogP contribution in [0.15, 0.2) is 77.2 Å². The average Bonchev–Trinajstić information content (AvgIpc) is 3.23. The van der Waals surface area contributed by atoms with Crippen molar-refractivity contribution in [2.24, 2.45) is 5.10 Å². The van der Waals surface area contributed by atoms with Gasteiger partial charge in [-0.15, -0.1) is 11.3 Å². The molecule has 0 aliphatic carbocycles. The molecule has 0 fully saturated rings. The molecule has 0 aliphatic rings. The van der Waals surface area contributed by atoms with Crippen LogP contribution < -0.4 is 14.9 Å². The van der Waals surface area contributed by atoms with Crippen LogP contribution in [0.3, 0.4) is 0 Å². The van der Waals surface area contributed by atoms with Crippen molar-refractivity contribution in [3.05, 3.63) is 93.8 Å². The van der Waals surface area contributed by atoms with Crippen molar-refractivity contribution in [1.29, 1.82) is 0 Å². The number of methoxy groups -OCH3 is 1. The van der Waals surface area contributed by atoms with Gasteiger partial charge in [0.1, 0.15) is 18.1 Å². The number of hydrogen-bond donors (Lipinski definition) is 1. The van der Waals surface area contributed by atoms with Gasteiger partial charge in [0.15, 0.2) is 0 Å². The number of benzene rings is 3. The molecule has 5 nitrogen and oxygen atoms in total. The van der Waals surface area contributed by atoms with Crippen molar-refractivity contribution in [3.63, 3.8) is 0 Å². The minimum Gasteiger partial charge on any atom is -0.496 e. The third kappa shape index (κ3) is 5.05. The predicted molar refractivity (Wildman–Crippen MR) is 126 cm³/mol. The van der Waals surface area contributed by atoms with Crippen LogP contribution in [0.1, 0.15) is 21.5 Å². The van der Waals surface area contributed by atoms with Gasteiger partial charge in [-0.25, -0.2) is 5.43 Å². The second-order valence-corrected chi connectivity index (χ2v) is 8.01. The van der Waals surface area contributed by atoms with Crippen LogP contribution in [-0.2, 0) is 6.61 Å². The van der Waals surface area contributed by atoms with E-state index in [0.717, 1.165) is 21.2 Å². The zero-order valence-corrected chi connectivity index (χ0v) is 18.2. The number of ether oxygens (including phenoxy) is 2. The molecule has 0 aliphatic heterocycles. The van der Waals surface area contributed by atoms with Crippen molar-refractivity contribution in [1.82, 2.24) is 5.43 Å². The summed E-state index contributed by atoms with van der Waals surface area (Å²) in [6.45, 7) is 0.319.